The number of allylic oxidation sites excluding steroid dienone is 1. The number of benzene rings is 1. The molecule has 0 aliphatic heterocycles. The van der Waals surface area contributed by atoms with E-state index in [-0.39, 0.29) is 12.2 Å². The molecular weight excluding hydrogens is 202 g/mol. The van der Waals surface area contributed by atoms with Crippen LogP contribution >= 0.6 is 0 Å². The SMILES string of the molecule is Cc1c(CO)cccc1NC=C(C#N)C#N. The van der Waals surface area contributed by atoms with Gasteiger partial charge in [0.15, 0.2) is 0 Å². The normalized spacial score (nSPS) is 8.75. The number of anilines is 1. The molecule has 0 aliphatic carbocycles. The largest absolute Gasteiger partial charge is 0.392 e. The number of nitrogens with zero attached hydrogens (tertiary/aromatic N) is 2. The molecule has 2 N–H and O–H groups in total. The summed E-state index contributed by atoms with van der Waals surface area (Å²) in [6, 6.07) is 8.95. The smallest absolute Gasteiger partial charge is 0.145 e. The van der Waals surface area contributed by atoms with Crippen molar-refractivity contribution in [3.8, 4) is 12.1 Å². The van der Waals surface area contributed by atoms with Gasteiger partial charge in [-0.05, 0) is 24.1 Å². The molecule has 1 rings (SSSR count). The van der Waals surface area contributed by atoms with Crippen molar-refractivity contribution in [1.82, 2.24) is 0 Å². The molecule has 16 heavy (non-hydrogen) atoms. The molecule has 0 saturated heterocycles. The van der Waals surface area contributed by atoms with E-state index in [4.69, 9.17) is 15.6 Å². The predicted octanol–water partition coefficient (Wildman–Crippen LogP) is 1.83. The summed E-state index contributed by atoms with van der Waals surface area (Å²) in [5.41, 5.74) is 2.49. The predicted molar refractivity (Wildman–Crippen MR) is 60.0 cm³/mol. The lowest BCUT2D eigenvalue weighted by Crippen LogP contribution is -1.96. The Bertz CT molecular complexity index is 476. The van der Waals surface area contributed by atoms with Gasteiger partial charge in [0.25, 0.3) is 0 Å². The monoisotopic (exact) mass is 213 g/mol. The minimum atomic E-state index is -0.0333. The molecule has 0 bridgehead atoms. The summed E-state index contributed by atoms with van der Waals surface area (Å²) in [4.78, 5) is 0. The van der Waals surface area contributed by atoms with E-state index in [0.29, 0.717) is 0 Å². The molecule has 0 saturated carbocycles. The summed E-state index contributed by atoms with van der Waals surface area (Å²) in [5, 5.41) is 29.0. The van der Waals surface area contributed by atoms with Crippen LogP contribution in [0.25, 0.3) is 0 Å². The zero-order valence-electron chi connectivity index (χ0n) is 8.86. The van der Waals surface area contributed by atoms with Crippen molar-refractivity contribution >= 4 is 5.69 Å². The second-order valence-electron chi connectivity index (χ2n) is 3.17. The highest BCUT2D eigenvalue weighted by atomic mass is 16.3. The summed E-state index contributed by atoms with van der Waals surface area (Å²) in [7, 11) is 0. The second kappa shape index (κ2) is 5.55. The third-order valence-corrected chi connectivity index (χ3v) is 2.23. The van der Waals surface area contributed by atoms with Crippen LogP contribution in [-0.4, -0.2) is 5.11 Å². The summed E-state index contributed by atoms with van der Waals surface area (Å²) >= 11 is 0. The van der Waals surface area contributed by atoms with Gasteiger partial charge >= 0.3 is 0 Å². The maximum Gasteiger partial charge on any atom is 0.145 e. The Balaban J connectivity index is 2.96. The van der Waals surface area contributed by atoms with Crippen LogP contribution in [-0.2, 0) is 6.61 Å². The van der Waals surface area contributed by atoms with Crippen molar-refractivity contribution < 1.29 is 5.11 Å². The van der Waals surface area contributed by atoms with Crippen LogP contribution in [0.3, 0.4) is 0 Å². The molecule has 4 nitrogen and oxygen atoms in total. The van der Waals surface area contributed by atoms with Crippen LogP contribution in [0.1, 0.15) is 11.1 Å². The molecular formula is C12H11N3O. The first-order valence-corrected chi connectivity index (χ1v) is 4.69. The molecule has 1 aromatic carbocycles. The lowest BCUT2D eigenvalue weighted by Gasteiger charge is -2.08. The second-order valence-corrected chi connectivity index (χ2v) is 3.17. The fourth-order valence-corrected chi connectivity index (χ4v) is 1.25. The molecule has 0 amide bonds. The minimum absolute atomic E-state index is 0.00815. The van der Waals surface area contributed by atoms with Crippen LogP contribution in [0.5, 0.6) is 0 Å². The summed E-state index contributed by atoms with van der Waals surface area (Å²) in [6.07, 6.45) is 1.35. The fraction of sp³-hybridized carbons (Fsp3) is 0.167. The molecule has 80 valence electrons. The van der Waals surface area contributed by atoms with Gasteiger partial charge in [0.05, 0.1) is 6.61 Å². The van der Waals surface area contributed by atoms with E-state index in [1.807, 2.05) is 19.1 Å². The molecule has 0 heterocycles. The van der Waals surface area contributed by atoms with E-state index in [1.165, 1.54) is 6.20 Å². The van der Waals surface area contributed by atoms with Crippen LogP contribution in [0.15, 0.2) is 30.0 Å². The van der Waals surface area contributed by atoms with Crippen LogP contribution in [0, 0.1) is 29.6 Å². The minimum Gasteiger partial charge on any atom is -0.392 e. The topological polar surface area (TPSA) is 79.8 Å². The van der Waals surface area contributed by atoms with Crippen LogP contribution in [0.4, 0.5) is 5.69 Å². The molecule has 4 heteroatoms. The van der Waals surface area contributed by atoms with Crippen molar-refractivity contribution in [1.29, 1.82) is 10.5 Å². The number of rotatable bonds is 3. The van der Waals surface area contributed by atoms with E-state index in [9.17, 15) is 0 Å². The molecule has 0 spiro atoms. The van der Waals surface area contributed by atoms with Gasteiger partial charge in [0, 0.05) is 11.9 Å². The zero-order chi connectivity index (χ0) is 12.0. The molecule has 0 aromatic heterocycles. The number of aliphatic hydroxyl groups is 1. The molecule has 0 atom stereocenters. The van der Waals surface area contributed by atoms with E-state index < -0.39 is 0 Å². The summed E-state index contributed by atoms with van der Waals surface area (Å²) in [5.74, 6) is 0. The molecule has 0 aliphatic rings. The van der Waals surface area contributed by atoms with Crippen molar-refractivity contribution in [2.24, 2.45) is 0 Å². The van der Waals surface area contributed by atoms with Gasteiger partial charge in [-0.2, -0.15) is 10.5 Å². The Kier molecular flexibility index (Phi) is 4.08. The van der Waals surface area contributed by atoms with E-state index in [1.54, 1.807) is 18.2 Å². The van der Waals surface area contributed by atoms with Crippen molar-refractivity contribution in [2.75, 3.05) is 5.32 Å². The third kappa shape index (κ3) is 2.60. The lowest BCUT2D eigenvalue weighted by molar-refractivity contribution is 0.281. The highest BCUT2D eigenvalue weighted by molar-refractivity contribution is 5.57. The van der Waals surface area contributed by atoms with Crippen molar-refractivity contribution in [3.63, 3.8) is 0 Å². The number of nitriles is 2. The fourth-order valence-electron chi connectivity index (χ4n) is 1.25. The van der Waals surface area contributed by atoms with E-state index >= 15 is 0 Å². The van der Waals surface area contributed by atoms with Gasteiger partial charge in [0.2, 0.25) is 0 Å². The van der Waals surface area contributed by atoms with Gasteiger partial charge in [-0.15, -0.1) is 0 Å². The van der Waals surface area contributed by atoms with Gasteiger partial charge in [0.1, 0.15) is 17.7 Å². The maximum atomic E-state index is 9.06. The molecule has 1 aromatic rings. The standard InChI is InChI=1S/C12H11N3O/c1-9-11(8-16)3-2-4-12(9)15-7-10(5-13)6-14/h2-4,7,15-16H,8H2,1H3. The quantitative estimate of drug-likeness (QED) is 0.750. The highest BCUT2D eigenvalue weighted by Crippen LogP contribution is 2.19. The first-order chi connectivity index (χ1) is 7.72. The number of hydrogen-bond acceptors (Lipinski definition) is 4. The van der Waals surface area contributed by atoms with Gasteiger partial charge < -0.3 is 10.4 Å². The number of nitrogens with one attached hydrogen (secondary N) is 1. The highest BCUT2D eigenvalue weighted by Gasteiger charge is 2.01. The number of hydrogen-bond donors (Lipinski definition) is 2. The summed E-state index contributed by atoms with van der Waals surface area (Å²) in [6.45, 7) is 1.83. The van der Waals surface area contributed by atoms with Gasteiger partial charge in [-0.25, -0.2) is 0 Å². The maximum absolute atomic E-state index is 9.06. The van der Waals surface area contributed by atoms with E-state index in [2.05, 4.69) is 5.32 Å². The Morgan fingerprint density at radius 2 is 2.12 bits per heavy atom. The molecule has 0 radical (unpaired) electrons. The zero-order valence-corrected chi connectivity index (χ0v) is 8.86. The van der Waals surface area contributed by atoms with Crippen molar-refractivity contribution in [2.45, 2.75) is 13.5 Å². The summed E-state index contributed by atoms with van der Waals surface area (Å²) < 4.78 is 0. The van der Waals surface area contributed by atoms with Gasteiger partial charge in [-0.1, -0.05) is 12.1 Å². The Labute approximate surface area is 94.1 Å². The first kappa shape index (κ1) is 11.8. The number of aliphatic hydroxyl groups excluding tert-OH is 1. The molecule has 0 unspecified atom stereocenters. The van der Waals surface area contributed by atoms with E-state index in [0.717, 1.165) is 16.8 Å². The van der Waals surface area contributed by atoms with Crippen molar-refractivity contribution in [3.05, 3.63) is 41.1 Å². The van der Waals surface area contributed by atoms with Crippen LogP contribution in [0.2, 0.25) is 0 Å². The lowest BCUT2D eigenvalue weighted by atomic mass is 10.1. The first-order valence-electron chi connectivity index (χ1n) is 4.69. The Morgan fingerprint density at radius 3 is 2.69 bits per heavy atom. The Morgan fingerprint density at radius 1 is 1.44 bits per heavy atom. The Hall–Kier alpha value is -2.30. The molecule has 0 fully saturated rings. The average Bonchev–Trinajstić information content (AvgIpc) is 2.32. The van der Waals surface area contributed by atoms with Gasteiger partial charge in [-0.3, -0.25) is 0 Å². The third-order valence-electron chi connectivity index (χ3n) is 2.23. The van der Waals surface area contributed by atoms with Crippen LogP contribution < -0.4 is 5.32 Å². The average molecular weight is 213 g/mol.